The molecule has 1 aliphatic rings. The van der Waals surface area contributed by atoms with Crippen molar-refractivity contribution in [2.45, 2.75) is 59.2 Å². The summed E-state index contributed by atoms with van der Waals surface area (Å²) in [5.41, 5.74) is 1.86. The average Bonchev–Trinajstić information content (AvgIpc) is 2.23. The number of nitrogens with one attached hydrogen (secondary N) is 1. The Morgan fingerprint density at radius 1 is 1.28 bits per heavy atom. The average molecular weight is 267 g/mol. The van der Waals surface area contributed by atoms with E-state index in [9.17, 15) is 4.79 Å². The monoisotopic (exact) mass is 267 g/mol. The Balaban J connectivity index is 3.05. The normalized spacial score (nSPS) is 18.2. The Bertz CT molecular complexity index is 414. The molecule has 1 N–H and O–H groups in total. The predicted molar refractivity (Wildman–Crippen MR) is 77.5 cm³/mol. The molecule has 1 amide bonds. The highest BCUT2D eigenvalue weighted by Crippen LogP contribution is 2.38. The zero-order valence-electron chi connectivity index (χ0n) is 12.6. The molecule has 0 saturated carbocycles. The molecule has 0 aromatic rings. The van der Waals surface area contributed by atoms with Crippen LogP contribution < -0.4 is 5.32 Å². The molecule has 1 aliphatic heterocycles. The number of hydrogen-bond donors (Lipinski definition) is 1. The maximum absolute atomic E-state index is 11.6. The number of hydrogen-bond acceptors (Lipinski definition) is 2. The molecule has 1 heterocycles. The smallest absolute Gasteiger partial charge is 0.250 e. The maximum Gasteiger partial charge on any atom is 0.250 e. The summed E-state index contributed by atoms with van der Waals surface area (Å²) in [4.78, 5) is 11.6. The van der Waals surface area contributed by atoms with Gasteiger partial charge in [0.25, 0.3) is 0 Å². The van der Waals surface area contributed by atoms with Gasteiger partial charge >= 0.3 is 0 Å². The van der Waals surface area contributed by atoms with Gasteiger partial charge in [0.2, 0.25) is 14.2 Å². The predicted octanol–water partition coefficient (Wildman–Crippen LogP) is 3.71. The van der Waals surface area contributed by atoms with Crippen LogP contribution in [0.15, 0.2) is 23.1 Å². The van der Waals surface area contributed by atoms with Crippen LogP contribution in [0.1, 0.15) is 41.0 Å². The number of carbonyl (C=O) groups is 1. The molecular formula is C14H25NO2Si. The summed E-state index contributed by atoms with van der Waals surface area (Å²) in [6, 6.07) is 0. The van der Waals surface area contributed by atoms with Gasteiger partial charge in [0.05, 0.1) is 6.42 Å². The summed E-state index contributed by atoms with van der Waals surface area (Å²) in [5, 5.41) is 3.00. The lowest BCUT2D eigenvalue weighted by Crippen LogP contribution is -2.40. The van der Waals surface area contributed by atoms with Crippen LogP contribution in [-0.4, -0.2) is 14.2 Å². The van der Waals surface area contributed by atoms with E-state index < -0.39 is 8.32 Å². The van der Waals surface area contributed by atoms with Gasteiger partial charge in [0.1, 0.15) is 5.76 Å². The number of carbonyl (C=O) groups excluding carboxylic acids is 1. The fourth-order valence-electron chi connectivity index (χ4n) is 1.49. The Hall–Kier alpha value is -1.03. The van der Waals surface area contributed by atoms with Gasteiger partial charge in [0, 0.05) is 5.70 Å². The Labute approximate surface area is 111 Å². The van der Waals surface area contributed by atoms with Crippen molar-refractivity contribution >= 4 is 14.2 Å². The Morgan fingerprint density at radius 2 is 1.83 bits per heavy atom. The first-order valence-electron chi connectivity index (χ1n) is 6.40. The summed E-state index contributed by atoms with van der Waals surface area (Å²) >= 11 is 0. The van der Waals surface area contributed by atoms with Crippen molar-refractivity contribution < 1.29 is 9.22 Å². The molecule has 0 unspecified atom stereocenters. The van der Waals surface area contributed by atoms with Crippen molar-refractivity contribution in [1.82, 2.24) is 5.32 Å². The van der Waals surface area contributed by atoms with E-state index in [-0.39, 0.29) is 10.9 Å². The molecule has 4 heteroatoms. The maximum atomic E-state index is 11.6. The molecule has 18 heavy (non-hydrogen) atoms. The second-order valence-corrected chi connectivity index (χ2v) is 11.3. The quantitative estimate of drug-likeness (QED) is 0.775. The molecular weight excluding hydrogens is 242 g/mol. The first-order valence-corrected chi connectivity index (χ1v) is 9.31. The van der Waals surface area contributed by atoms with Crippen molar-refractivity contribution in [3.63, 3.8) is 0 Å². The molecule has 0 aromatic heterocycles. The summed E-state index contributed by atoms with van der Waals surface area (Å²) in [7, 11) is -1.85. The largest absolute Gasteiger partial charge is 0.543 e. The molecule has 0 saturated heterocycles. The molecule has 0 aliphatic carbocycles. The third-order valence-electron chi connectivity index (χ3n) is 3.70. The fourth-order valence-corrected chi connectivity index (χ4v) is 2.58. The lowest BCUT2D eigenvalue weighted by molar-refractivity contribution is -0.119. The van der Waals surface area contributed by atoms with Gasteiger partial charge in [0.15, 0.2) is 0 Å². The second kappa shape index (κ2) is 4.92. The van der Waals surface area contributed by atoms with E-state index in [2.05, 4.69) is 39.2 Å². The molecule has 0 radical (unpaired) electrons. The number of amides is 1. The topological polar surface area (TPSA) is 38.3 Å². The standard InChI is InChI=1S/C14H25NO2Si/c1-10-8-13(16)15-11(2)9-12(10)17-18(6,7)14(3,4)5/h9H,8H2,1-7H3,(H,15,16). The molecule has 0 aromatic carbocycles. The fraction of sp³-hybridized carbons (Fsp3) is 0.643. The highest BCUT2D eigenvalue weighted by Gasteiger charge is 2.39. The van der Waals surface area contributed by atoms with Gasteiger partial charge < -0.3 is 9.74 Å². The lowest BCUT2D eigenvalue weighted by atomic mass is 10.2. The molecule has 102 valence electrons. The minimum Gasteiger partial charge on any atom is -0.543 e. The van der Waals surface area contributed by atoms with Crippen LogP contribution >= 0.6 is 0 Å². The van der Waals surface area contributed by atoms with Gasteiger partial charge in [-0.1, -0.05) is 20.8 Å². The first-order chi connectivity index (χ1) is 8.03. The second-order valence-electron chi connectivity index (χ2n) is 6.56. The van der Waals surface area contributed by atoms with E-state index in [0.717, 1.165) is 17.0 Å². The van der Waals surface area contributed by atoms with Gasteiger partial charge in [-0.3, -0.25) is 4.79 Å². The van der Waals surface area contributed by atoms with Crippen LogP contribution in [0.4, 0.5) is 0 Å². The Kier molecular flexibility index (Phi) is 4.11. The van der Waals surface area contributed by atoms with Gasteiger partial charge in [-0.25, -0.2) is 0 Å². The van der Waals surface area contributed by atoms with E-state index in [1.165, 1.54) is 0 Å². The van der Waals surface area contributed by atoms with Gasteiger partial charge in [-0.15, -0.1) is 0 Å². The van der Waals surface area contributed by atoms with Gasteiger partial charge in [-0.2, -0.15) is 0 Å². The molecule has 3 nitrogen and oxygen atoms in total. The SMILES string of the molecule is CC1=CC(O[Si](C)(C)C(C)(C)C)=C(C)CC(=O)N1. The summed E-state index contributed by atoms with van der Waals surface area (Å²) in [6.07, 6.45) is 2.36. The zero-order valence-corrected chi connectivity index (χ0v) is 13.6. The molecule has 0 fully saturated rings. The first kappa shape index (κ1) is 15.0. The van der Waals surface area contributed by atoms with Gasteiger partial charge in [-0.05, 0) is 43.6 Å². The van der Waals surface area contributed by atoms with E-state index in [1.54, 1.807) is 0 Å². The lowest BCUT2D eigenvalue weighted by Gasteiger charge is -2.37. The molecule has 0 atom stereocenters. The van der Waals surface area contributed by atoms with Crippen LogP contribution in [0.3, 0.4) is 0 Å². The van der Waals surface area contributed by atoms with E-state index in [0.29, 0.717) is 6.42 Å². The third kappa shape index (κ3) is 3.48. The van der Waals surface area contributed by atoms with E-state index in [4.69, 9.17) is 4.43 Å². The van der Waals surface area contributed by atoms with Crippen molar-refractivity contribution in [2.75, 3.05) is 0 Å². The molecule has 0 spiro atoms. The van der Waals surface area contributed by atoms with Crippen LogP contribution in [0.5, 0.6) is 0 Å². The minimum atomic E-state index is -1.85. The summed E-state index contributed by atoms with van der Waals surface area (Å²) in [5.74, 6) is 0.910. The summed E-state index contributed by atoms with van der Waals surface area (Å²) < 4.78 is 6.30. The van der Waals surface area contributed by atoms with E-state index >= 15 is 0 Å². The molecule has 1 rings (SSSR count). The van der Waals surface area contributed by atoms with Crippen molar-refractivity contribution in [3.8, 4) is 0 Å². The third-order valence-corrected chi connectivity index (χ3v) is 8.04. The minimum absolute atomic E-state index is 0.0371. The number of allylic oxidation sites excluding steroid dienone is 2. The van der Waals surface area contributed by atoms with Crippen molar-refractivity contribution in [2.24, 2.45) is 0 Å². The van der Waals surface area contributed by atoms with Crippen LogP contribution in [-0.2, 0) is 9.22 Å². The molecule has 0 bridgehead atoms. The van der Waals surface area contributed by atoms with E-state index in [1.807, 2.05) is 19.9 Å². The Morgan fingerprint density at radius 3 is 2.33 bits per heavy atom. The van der Waals surface area contributed by atoms with Crippen LogP contribution in [0.25, 0.3) is 0 Å². The van der Waals surface area contributed by atoms with Crippen LogP contribution in [0, 0.1) is 0 Å². The van der Waals surface area contributed by atoms with Crippen molar-refractivity contribution in [1.29, 1.82) is 0 Å². The highest BCUT2D eigenvalue weighted by atomic mass is 28.4. The van der Waals surface area contributed by atoms with Crippen LogP contribution in [0.2, 0.25) is 18.1 Å². The zero-order chi connectivity index (χ0) is 14.1. The van der Waals surface area contributed by atoms with Crippen molar-refractivity contribution in [3.05, 3.63) is 23.1 Å². The summed E-state index contributed by atoms with van der Waals surface area (Å²) in [6.45, 7) is 14.9. The number of rotatable bonds is 2. The highest BCUT2D eigenvalue weighted by molar-refractivity contribution is 6.74.